The third kappa shape index (κ3) is 5.05. The molecule has 0 saturated carbocycles. The van der Waals surface area contributed by atoms with Crippen molar-refractivity contribution in [2.75, 3.05) is 4.90 Å². The van der Waals surface area contributed by atoms with Gasteiger partial charge in [0.25, 0.3) is 5.91 Å². The lowest BCUT2D eigenvalue weighted by Gasteiger charge is -2.32. The molecule has 1 N–H and O–H groups in total. The van der Waals surface area contributed by atoms with Gasteiger partial charge in [0.05, 0.1) is 24.5 Å². The topological polar surface area (TPSA) is 80.5 Å². The van der Waals surface area contributed by atoms with Gasteiger partial charge in [0.15, 0.2) is 5.60 Å². The van der Waals surface area contributed by atoms with E-state index in [1.54, 1.807) is 29.6 Å². The summed E-state index contributed by atoms with van der Waals surface area (Å²) in [4.78, 5) is 16.2. The van der Waals surface area contributed by atoms with E-state index >= 15 is 4.39 Å². The minimum Gasteiger partial charge on any atom is -0.382 e. The SMILES string of the molecule is C[C@H]1[C@H](C(C)(C)F)[C@@H](CCn2cc([C@H](O)c3ccccc3)nn2)O[C@]12C(=O)N(Cc1ccc(I)cc1)c1ccccc12. The first-order chi connectivity index (χ1) is 20.1. The van der Waals surface area contributed by atoms with Crippen molar-refractivity contribution in [2.24, 2.45) is 11.8 Å². The summed E-state index contributed by atoms with van der Waals surface area (Å²) in [6.07, 6.45) is 0.707. The predicted octanol–water partition coefficient (Wildman–Crippen LogP) is 6.20. The summed E-state index contributed by atoms with van der Waals surface area (Å²) >= 11 is 2.27. The number of hydrogen-bond donors (Lipinski definition) is 1. The van der Waals surface area contributed by atoms with Gasteiger partial charge in [-0.15, -0.1) is 5.10 Å². The van der Waals surface area contributed by atoms with E-state index in [0.29, 0.717) is 25.2 Å². The molecule has 1 spiro atoms. The number of nitrogens with zero attached hydrogens (tertiary/aromatic N) is 4. The van der Waals surface area contributed by atoms with Gasteiger partial charge in [-0.2, -0.15) is 0 Å². The number of carbonyl (C=O) groups is 1. The van der Waals surface area contributed by atoms with Gasteiger partial charge < -0.3 is 14.7 Å². The van der Waals surface area contributed by atoms with Crippen LogP contribution in [0.25, 0.3) is 0 Å². The number of alkyl halides is 1. The molecule has 1 amide bonds. The number of aromatic nitrogens is 3. The number of halogens is 2. The third-order valence-electron chi connectivity index (χ3n) is 8.72. The Labute approximate surface area is 258 Å². The second kappa shape index (κ2) is 11.2. The second-order valence-electron chi connectivity index (χ2n) is 11.8. The first-order valence-electron chi connectivity index (χ1n) is 14.3. The van der Waals surface area contributed by atoms with Crippen molar-refractivity contribution >= 4 is 34.2 Å². The molecule has 1 saturated heterocycles. The largest absolute Gasteiger partial charge is 0.382 e. The number of para-hydroxylation sites is 1. The smallest absolute Gasteiger partial charge is 0.264 e. The number of ether oxygens (including phenoxy) is 1. The van der Waals surface area contributed by atoms with Crippen LogP contribution in [0.3, 0.4) is 0 Å². The molecule has 7 nitrogen and oxygen atoms in total. The van der Waals surface area contributed by atoms with E-state index in [2.05, 4.69) is 32.9 Å². The first kappa shape index (κ1) is 28.9. The molecular formula is C33H34FIN4O3. The number of rotatable bonds is 8. The maximum absolute atomic E-state index is 16.0. The molecular weight excluding hydrogens is 646 g/mol. The van der Waals surface area contributed by atoms with Gasteiger partial charge in [-0.25, -0.2) is 4.39 Å². The van der Waals surface area contributed by atoms with Crippen LogP contribution in [0.1, 0.15) is 55.7 Å². The molecule has 2 aliphatic rings. The van der Waals surface area contributed by atoms with E-state index in [1.165, 1.54) is 0 Å². The molecule has 0 radical (unpaired) electrons. The summed E-state index contributed by atoms with van der Waals surface area (Å²) in [5.41, 5.74) is 0.899. The van der Waals surface area contributed by atoms with Crippen LogP contribution in [0.4, 0.5) is 10.1 Å². The van der Waals surface area contributed by atoms with E-state index in [9.17, 15) is 9.90 Å². The monoisotopic (exact) mass is 680 g/mol. The minimum atomic E-state index is -1.59. The Kier molecular flexibility index (Phi) is 7.69. The van der Waals surface area contributed by atoms with Crippen molar-refractivity contribution in [3.8, 4) is 0 Å². The average molecular weight is 681 g/mol. The molecule has 0 aliphatic carbocycles. The van der Waals surface area contributed by atoms with Gasteiger partial charge >= 0.3 is 0 Å². The highest BCUT2D eigenvalue weighted by Crippen LogP contribution is 2.58. The third-order valence-corrected chi connectivity index (χ3v) is 9.44. The number of hydrogen-bond acceptors (Lipinski definition) is 5. The van der Waals surface area contributed by atoms with Crippen molar-refractivity contribution < 1.29 is 19.0 Å². The first-order valence-corrected chi connectivity index (χ1v) is 15.3. The number of amides is 1. The Balaban J connectivity index is 1.27. The lowest BCUT2D eigenvalue weighted by Crippen LogP contribution is -2.45. The number of aliphatic hydroxyl groups is 1. The van der Waals surface area contributed by atoms with Gasteiger partial charge in [-0.1, -0.05) is 72.8 Å². The lowest BCUT2D eigenvalue weighted by molar-refractivity contribution is -0.146. The molecule has 2 aliphatic heterocycles. The molecule has 1 aromatic heterocycles. The van der Waals surface area contributed by atoms with Crippen LogP contribution in [0.15, 0.2) is 85.1 Å². The van der Waals surface area contributed by atoms with E-state index in [4.69, 9.17) is 4.74 Å². The van der Waals surface area contributed by atoms with Crippen molar-refractivity contribution in [3.05, 3.63) is 111 Å². The van der Waals surface area contributed by atoms with Crippen LogP contribution >= 0.6 is 22.6 Å². The van der Waals surface area contributed by atoms with Crippen molar-refractivity contribution in [1.82, 2.24) is 15.0 Å². The number of fused-ring (bicyclic) bond motifs is 2. The molecule has 3 heterocycles. The van der Waals surface area contributed by atoms with Gasteiger partial charge in [0.2, 0.25) is 0 Å². The molecule has 5 atom stereocenters. The predicted molar refractivity (Wildman–Crippen MR) is 166 cm³/mol. The molecule has 9 heteroatoms. The highest BCUT2D eigenvalue weighted by molar-refractivity contribution is 14.1. The molecule has 3 aromatic carbocycles. The quantitative estimate of drug-likeness (QED) is 0.225. The summed E-state index contributed by atoms with van der Waals surface area (Å²) in [7, 11) is 0. The maximum atomic E-state index is 16.0. The fraction of sp³-hybridized carbons (Fsp3) is 0.364. The number of carbonyl (C=O) groups excluding carboxylic acids is 1. The number of benzene rings is 3. The van der Waals surface area contributed by atoms with Crippen LogP contribution in [0.2, 0.25) is 0 Å². The van der Waals surface area contributed by atoms with Crippen LogP contribution in [0, 0.1) is 15.4 Å². The Bertz CT molecular complexity index is 1570. The summed E-state index contributed by atoms with van der Waals surface area (Å²) in [5.74, 6) is -1.10. The normalized spacial score (nSPS) is 24.4. The molecule has 1 fully saturated rings. The number of aryl methyl sites for hydroxylation is 1. The molecule has 0 bridgehead atoms. The second-order valence-corrected chi connectivity index (χ2v) is 13.1. The van der Waals surface area contributed by atoms with Gasteiger partial charge in [0.1, 0.15) is 17.5 Å². The number of anilines is 1. The van der Waals surface area contributed by atoms with Gasteiger partial charge in [-0.05, 0) is 72.2 Å². The lowest BCUT2D eigenvalue weighted by atomic mass is 9.71. The fourth-order valence-corrected chi connectivity index (χ4v) is 7.17. The van der Waals surface area contributed by atoms with Crippen LogP contribution in [0.5, 0.6) is 0 Å². The average Bonchev–Trinajstić information content (AvgIpc) is 3.64. The zero-order valence-corrected chi connectivity index (χ0v) is 26.0. The molecule has 218 valence electrons. The molecule has 42 heavy (non-hydrogen) atoms. The minimum absolute atomic E-state index is 0.152. The van der Waals surface area contributed by atoms with Crippen LogP contribution in [-0.4, -0.2) is 37.8 Å². The summed E-state index contributed by atoms with van der Waals surface area (Å²) < 4.78 is 25.5. The fourth-order valence-electron chi connectivity index (χ4n) is 6.81. The Morgan fingerprint density at radius 3 is 2.48 bits per heavy atom. The maximum Gasteiger partial charge on any atom is 0.264 e. The zero-order valence-electron chi connectivity index (χ0n) is 23.8. The zero-order chi connectivity index (χ0) is 29.6. The van der Waals surface area contributed by atoms with E-state index < -0.39 is 35.3 Å². The molecule has 6 rings (SSSR count). The van der Waals surface area contributed by atoms with Crippen molar-refractivity contribution in [2.45, 2.75) is 63.8 Å². The summed E-state index contributed by atoms with van der Waals surface area (Å²) in [6, 6.07) is 25.1. The number of aliphatic hydroxyl groups excluding tert-OH is 1. The summed E-state index contributed by atoms with van der Waals surface area (Å²) in [6.45, 7) is 5.89. The van der Waals surface area contributed by atoms with E-state index in [0.717, 1.165) is 25.9 Å². The van der Waals surface area contributed by atoms with Gasteiger partial charge in [0, 0.05) is 27.5 Å². The van der Waals surface area contributed by atoms with Crippen LogP contribution in [-0.2, 0) is 28.2 Å². The van der Waals surface area contributed by atoms with E-state index in [-0.39, 0.29) is 5.91 Å². The highest BCUT2D eigenvalue weighted by atomic mass is 127. The summed E-state index contributed by atoms with van der Waals surface area (Å²) in [5, 5.41) is 19.1. The molecule has 0 unspecified atom stereocenters. The standard InChI is InChI=1S/C33H34FIN4O3/c1-21-29(32(2,3)34)28(17-18-38-20-26(36-37-38)30(40)23-9-5-4-6-10-23)42-33(21)25-11-7-8-12-27(25)39(31(33)41)19-22-13-15-24(35)16-14-22/h4-16,20-21,28-30,40H,17-19H2,1-3H3/t21-,28+,29-,30+,33+/m0/s1. The molecule has 4 aromatic rings. The Hall–Kier alpha value is -3.15. The van der Waals surface area contributed by atoms with Crippen molar-refractivity contribution in [1.29, 1.82) is 0 Å². The highest BCUT2D eigenvalue weighted by Gasteiger charge is 2.66. The van der Waals surface area contributed by atoms with Crippen molar-refractivity contribution in [3.63, 3.8) is 0 Å². The Morgan fingerprint density at radius 2 is 1.76 bits per heavy atom. The van der Waals surface area contributed by atoms with Crippen LogP contribution < -0.4 is 4.90 Å². The van der Waals surface area contributed by atoms with Gasteiger partial charge in [-0.3, -0.25) is 9.48 Å². The van der Waals surface area contributed by atoms with E-state index in [1.807, 2.05) is 85.8 Å². The Morgan fingerprint density at radius 1 is 1.07 bits per heavy atom.